The Labute approximate surface area is 169 Å². The summed E-state index contributed by atoms with van der Waals surface area (Å²) in [5.74, 6) is -1.07. The SMILES string of the molecule is Cc1c(-c2ccc(C(=O)N3CCCC(C=NC4OC4C)C3)s2)noc1C(F)(F)F. The molecule has 2 aliphatic heterocycles. The highest BCUT2D eigenvalue weighted by molar-refractivity contribution is 7.17. The molecule has 3 unspecified atom stereocenters. The van der Waals surface area contributed by atoms with Crippen LogP contribution in [0.1, 0.15) is 40.8 Å². The van der Waals surface area contributed by atoms with E-state index >= 15 is 0 Å². The Hall–Kier alpha value is -2.20. The van der Waals surface area contributed by atoms with Gasteiger partial charge in [0.15, 0.2) is 6.23 Å². The molecule has 2 saturated heterocycles. The first-order valence-electron chi connectivity index (χ1n) is 9.35. The normalized spacial score (nSPS) is 25.0. The van der Waals surface area contributed by atoms with Crippen molar-refractivity contribution in [2.45, 2.75) is 45.2 Å². The summed E-state index contributed by atoms with van der Waals surface area (Å²) in [6.07, 6.45) is -0.783. The molecular weight excluding hydrogens is 407 g/mol. The number of carbonyl (C=O) groups is 1. The van der Waals surface area contributed by atoms with Crippen molar-refractivity contribution >= 4 is 23.5 Å². The van der Waals surface area contributed by atoms with Gasteiger partial charge in [-0.2, -0.15) is 13.2 Å². The quantitative estimate of drug-likeness (QED) is 0.536. The number of carbonyl (C=O) groups excluding carboxylic acids is 1. The standard InChI is InChI=1S/C19H20F3N3O3S/c1-10-15(24-28-16(10)19(20,21)22)13-5-6-14(29-13)18(26)25-7-3-4-12(9-25)8-23-17-11(2)27-17/h5-6,8,11-12,17H,3-4,7,9H2,1-2H3. The van der Waals surface area contributed by atoms with E-state index in [1.165, 1.54) is 6.92 Å². The number of rotatable bonds is 4. The van der Waals surface area contributed by atoms with Gasteiger partial charge in [0.25, 0.3) is 5.91 Å². The summed E-state index contributed by atoms with van der Waals surface area (Å²) in [5.41, 5.74) is 0.0349. The van der Waals surface area contributed by atoms with Crippen molar-refractivity contribution in [2.24, 2.45) is 10.9 Å². The number of piperidine rings is 1. The largest absolute Gasteiger partial charge is 0.452 e. The highest BCUT2D eigenvalue weighted by Gasteiger charge is 2.39. The molecule has 0 saturated carbocycles. The van der Waals surface area contributed by atoms with E-state index in [0.29, 0.717) is 22.8 Å². The van der Waals surface area contributed by atoms with Crippen LogP contribution < -0.4 is 0 Å². The first kappa shape index (κ1) is 20.1. The van der Waals surface area contributed by atoms with E-state index in [1.54, 1.807) is 17.0 Å². The molecule has 0 aromatic carbocycles. The Morgan fingerprint density at radius 3 is 2.83 bits per heavy atom. The van der Waals surface area contributed by atoms with Crippen molar-refractivity contribution in [1.29, 1.82) is 0 Å². The average Bonchev–Trinajstić information content (AvgIpc) is 3.05. The van der Waals surface area contributed by atoms with Gasteiger partial charge < -0.3 is 14.2 Å². The molecule has 1 amide bonds. The van der Waals surface area contributed by atoms with E-state index in [0.717, 1.165) is 24.2 Å². The molecule has 0 N–H and O–H groups in total. The molecule has 156 valence electrons. The van der Waals surface area contributed by atoms with Crippen molar-refractivity contribution in [1.82, 2.24) is 10.1 Å². The van der Waals surface area contributed by atoms with Crippen molar-refractivity contribution in [3.8, 4) is 10.6 Å². The third-order valence-corrected chi connectivity index (χ3v) is 6.18. The van der Waals surface area contributed by atoms with Gasteiger partial charge in [0.1, 0.15) is 11.8 Å². The highest BCUT2D eigenvalue weighted by atomic mass is 32.1. The van der Waals surface area contributed by atoms with Crippen LogP contribution in [0.15, 0.2) is 21.6 Å². The van der Waals surface area contributed by atoms with E-state index < -0.39 is 11.9 Å². The molecule has 2 aliphatic rings. The number of hydrogen-bond acceptors (Lipinski definition) is 6. The third-order valence-electron chi connectivity index (χ3n) is 5.10. The lowest BCUT2D eigenvalue weighted by Crippen LogP contribution is -2.40. The number of aromatic nitrogens is 1. The molecule has 6 nitrogen and oxygen atoms in total. The predicted molar refractivity (Wildman–Crippen MR) is 101 cm³/mol. The Balaban J connectivity index is 1.46. The maximum Gasteiger partial charge on any atom is 0.452 e. The summed E-state index contributed by atoms with van der Waals surface area (Å²) in [6, 6.07) is 3.23. The van der Waals surface area contributed by atoms with E-state index in [4.69, 9.17) is 4.74 Å². The van der Waals surface area contributed by atoms with Gasteiger partial charge in [-0.25, -0.2) is 0 Å². The van der Waals surface area contributed by atoms with E-state index in [-0.39, 0.29) is 35.4 Å². The molecule has 2 aromatic rings. The zero-order chi connectivity index (χ0) is 20.8. The molecule has 4 heterocycles. The number of nitrogens with zero attached hydrogens (tertiary/aromatic N) is 3. The second kappa shape index (κ2) is 7.56. The van der Waals surface area contributed by atoms with Gasteiger partial charge >= 0.3 is 6.18 Å². The highest BCUT2D eigenvalue weighted by Crippen LogP contribution is 2.38. The third kappa shape index (κ3) is 4.23. The smallest absolute Gasteiger partial charge is 0.351 e. The van der Waals surface area contributed by atoms with Crippen molar-refractivity contribution < 1.29 is 27.2 Å². The van der Waals surface area contributed by atoms with Gasteiger partial charge in [0.05, 0.1) is 9.75 Å². The number of hydrogen-bond donors (Lipinski definition) is 0. The summed E-state index contributed by atoms with van der Waals surface area (Å²) < 4.78 is 48.5. The maximum absolute atomic E-state index is 12.9. The number of amides is 1. The fraction of sp³-hybridized carbons (Fsp3) is 0.526. The molecule has 29 heavy (non-hydrogen) atoms. The van der Waals surface area contributed by atoms with Crippen LogP contribution in [0.25, 0.3) is 10.6 Å². The number of halogens is 3. The van der Waals surface area contributed by atoms with Crippen molar-refractivity contribution in [3.63, 3.8) is 0 Å². The Morgan fingerprint density at radius 2 is 2.17 bits per heavy atom. The van der Waals surface area contributed by atoms with Crippen LogP contribution in [-0.4, -0.2) is 47.6 Å². The van der Waals surface area contributed by atoms with Crippen LogP contribution in [0.2, 0.25) is 0 Å². The molecule has 0 aliphatic carbocycles. The molecular formula is C19H20F3N3O3S. The average molecular weight is 427 g/mol. The molecule has 4 rings (SSSR count). The summed E-state index contributed by atoms with van der Waals surface area (Å²) in [7, 11) is 0. The van der Waals surface area contributed by atoms with Gasteiger partial charge in [0.2, 0.25) is 5.76 Å². The van der Waals surface area contributed by atoms with Gasteiger partial charge in [-0.3, -0.25) is 9.79 Å². The number of ether oxygens (including phenoxy) is 1. The van der Waals surface area contributed by atoms with Crippen LogP contribution >= 0.6 is 11.3 Å². The molecule has 2 aromatic heterocycles. The fourth-order valence-corrected chi connectivity index (χ4v) is 4.43. The maximum atomic E-state index is 12.9. The van der Waals surface area contributed by atoms with Gasteiger partial charge in [-0.05, 0) is 38.8 Å². The van der Waals surface area contributed by atoms with Crippen LogP contribution in [-0.2, 0) is 10.9 Å². The van der Waals surface area contributed by atoms with E-state index in [1.807, 2.05) is 13.1 Å². The van der Waals surface area contributed by atoms with Crippen LogP contribution in [0.4, 0.5) is 13.2 Å². The lowest BCUT2D eigenvalue weighted by Gasteiger charge is -2.30. The van der Waals surface area contributed by atoms with Crippen molar-refractivity contribution in [2.75, 3.05) is 13.1 Å². The van der Waals surface area contributed by atoms with Crippen LogP contribution in [0.3, 0.4) is 0 Å². The topological polar surface area (TPSA) is 71.2 Å². The minimum Gasteiger partial charge on any atom is -0.351 e. The zero-order valence-electron chi connectivity index (χ0n) is 15.9. The van der Waals surface area contributed by atoms with Crippen LogP contribution in [0, 0.1) is 12.8 Å². The molecule has 0 radical (unpaired) electrons. The minimum atomic E-state index is -4.60. The monoisotopic (exact) mass is 427 g/mol. The summed E-state index contributed by atoms with van der Waals surface area (Å²) in [4.78, 5) is 20.0. The summed E-state index contributed by atoms with van der Waals surface area (Å²) >= 11 is 1.12. The Bertz CT molecular complexity index is 937. The zero-order valence-corrected chi connectivity index (χ0v) is 16.7. The molecule has 0 bridgehead atoms. The molecule has 0 spiro atoms. The lowest BCUT2D eigenvalue weighted by molar-refractivity contribution is -0.156. The van der Waals surface area contributed by atoms with Gasteiger partial charge in [0, 0.05) is 30.8 Å². The first-order valence-corrected chi connectivity index (χ1v) is 10.2. The summed E-state index contributed by atoms with van der Waals surface area (Å²) in [5, 5.41) is 3.56. The number of likely N-dealkylation sites (tertiary alicyclic amines) is 1. The van der Waals surface area contributed by atoms with E-state index in [2.05, 4.69) is 14.7 Å². The van der Waals surface area contributed by atoms with Crippen molar-refractivity contribution in [3.05, 3.63) is 28.3 Å². The van der Waals surface area contributed by atoms with Crippen LogP contribution in [0.5, 0.6) is 0 Å². The first-order chi connectivity index (χ1) is 13.7. The number of thiophene rings is 1. The second-order valence-corrected chi connectivity index (χ2v) is 8.41. The van der Waals surface area contributed by atoms with Gasteiger partial charge in [-0.15, -0.1) is 11.3 Å². The predicted octanol–water partition coefficient (Wildman–Crippen LogP) is 4.40. The number of epoxide rings is 1. The van der Waals surface area contributed by atoms with E-state index in [9.17, 15) is 18.0 Å². The van der Waals surface area contributed by atoms with Gasteiger partial charge in [-0.1, -0.05) is 5.16 Å². The fourth-order valence-electron chi connectivity index (χ4n) is 3.42. The Kier molecular flexibility index (Phi) is 5.24. The number of alkyl halides is 3. The second-order valence-electron chi connectivity index (χ2n) is 7.33. The Morgan fingerprint density at radius 1 is 1.41 bits per heavy atom. The molecule has 3 atom stereocenters. The minimum absolute atomic E-state index is 0.0618. The number of aliphatic imine (C=N–C) groups is 1. The molecule has 10 heteroatoms. The molecule has 2 fully saturated rings. The summed E-state index contributed by atoms with van der Waals surface area (Å²) in [6.45, 7) is 4.49. The lowest BCUT2D eigenvalue weighted by atomic mass is 9.99.